The van der Waals surface area contributed by atoms with Gasteiger partial charge in [0.05, 0.1) is 0 Å². The average Bonchev–Trinajstić information content (AvgIpc) is 2.65. The molecule has 0 saturated heterocycles. The number of rotatable bonds is 2. The Labute approximate surface area is 94.9 Å². The van der Waals surface area contributed by atoms with E-state index in [2.05, 4.69) is 15.9 Å². The zero-order chi connectivity index (χ0) is 11.0. The third-order valence-electron chi connectivity index (χ3n) is 2.36. The van der Waals surface area contributed by atoms with Crippen LogP contribution in [0.25, 0.3) is 0 Å². The molecule has 1 N–H and O–H groups in total. The van der Waals surface area contributed by atoms with Gasteiger partial charge in [0.1, 0.15) is 0 Å². The first-order valence-corrected chi connectivity index (χ1v) is 5.32. The van der Waals surface area contributed by atoms with Crippen molar-refractivity contribution < 1.29 is 19.0 Å². The SMILES string of the molecule is CC(CO)c1c(Br)cc2c(c1F)OCO2. The fraction of sp³-hybridized carbons (Fsp3) is 0.400. The minimum atomic E-state index is -0.460. The molecule has 1 aliphatic rings. The van der Waals surface area contributed by atoms with E-state index in [4.69, 9.17) is 14.6 Å². The van der Waals surface area contributed by atoms with Gasteiger partial charge in [-0.1, -0.05) is 22.9 Å². The van der Waals surface area contributed by atoms with Crippen LogP contribution in [-0.4, -0.2) is 18.5 Å². The summed E-state index contributed by atoms with van der Waals surface area (Å²) in [5.41, 5.74) is 0.418. The highest BCUT2D eigenvalue weighted by Gasteiger charge is 2.26. The van der Waals surface area contributed by atoms with E-state index < -0.39 is 5.82 Å². The van der Waals surface area contributed by atoms with Crippen LogP contribution in [0.15, 0.2) is 10.5 Å². The van der Waals surface area contributed by atoms with Gasteiger partial charge in [0, 0.05) is 22.6 Å². The van der Waals surface area contributed by atoms with Gasteiger partial charge in [-0.2, -0.15) is 0 Å². The van der Waals surface area contributed by atoms with Crippen LogP contribution in [0.4, 0.5) is 4.39 Å². The van der Waals surface area contributed by atoms with Crippen LogP contribution in [0.3, 0.4) is 0 Å². The van der Waals surface area contributed by atoms with E-state index in [0.717, 1.165) is 0 Å². The zero-order valence-electron chi connectivity index (χ0n) is 8.09. The molecule has 0 saturated carbocycles. The maximum Gasteiger partial charge on any atom is 0.231 e. The number of aliphatic hydroxyl groups excluding tert-OH is 1. The fourth-order valence-corrected chi connectivity index (χ4v) is 2.30. The molecule has 0 amide bonds. The Morgan fingerprint density at radius 3 is 3.00 bits per heavy atom. The smallest absolute Gasteiger partial charge is 0.231 e. The fourth-order valence-electron chi connectivity index (χ4n) is 1.53. The molecule has 0 spiro atoms. The molecule has 0 aromatic heterocycles. The van der Waals surface area contributed by atoms with E-state index in [9.17, 15) is 4.39 Å². The number of halogens is 2. The first-order chi connectivity index (χ1) is 7.15. The van der Waals surface area contributed by atoms with E-state index in [1.54, 1.807) is 13.0 Å². The number of fused-ring (bicyclic) bond motifs is 1. The average molecular weight is 277 g/mol. The molecule has 1 heterocycles. The molecule has 0 aliphatic carbocycles. The summed E-state index contributed by atoms with van der Waals surface area (Å²) in [4.78, 5) is 0. The van der Waals surface area contributed by atoms with Crippen molar-refractivity contribution >= 4 is 15.9 Å². The van der Waals surface area contributed by atoms with Crippen LogP contribution in [0.1, 0.15) is 18.4 Å². The number of hydrogen-bond donors (Lipinski definition) is 1. The van der Waals surface area contributed by atoms with Gasteiger partial charge in [-0.25, -0.2) is 4.39 Å². The standard InChI is InChI=1S/C10H10BrFO3/c1-5(3-13)8-6(11)2-7-10(9(8)12)15-4-14-7/h2,5,13H,3-4H2,1H3. The van der Waals surface area contributed by atoms with Gasteiger partial charge in [0.15, 0.2) is 11.6 Å². The molecule has 1 atom stereocenters. The molecule has 0 fully saturated rings. The van der Waals surface area contributed by atoms with E-state index >= 15 is 0 Å². The van der Waals surface area contributed by atoms with Crippen molar-refractivity contribution in [3.8, 4) is 11.5 Å². The monoisotopic (exact) mass is 276 g/mol. The second-order valence-electron chi connectivity index (χ2n) is 3.40. The summed E-state index contributed by atoms with van der Waals surface area (Å²) in [6, 6.07) is 1.66. The van der Waals surface area contributed by atoms with Crippen molar-refractivity contribution in [2.24, 2.45) is 0 Å². The maximum absolute atomic E-state index is 13.9. The lowest BCUT2D eigenvalue weighted by Gasteiger charge is -2.13. The van der Waals surface area contributed by atoms with E-state index in [0.29, 0.717) is 15.8 Å². The summed E-state index contributed by atoms with van der Waals surface area (Å²) in [6.07, 6.45) is 0. The Bertz CT molecular complexity index is 395. The summed E-state index contributed by atoms with van der Waals surface area (Å²) < 4.78 is 24.6. The number of hydrogen-bond acceptors (Lipinski definition) is 3. The second-order valence-corrected chi connectivity index (χ2v) is 4.26. The van der Waals surface area contributed by atoms with E-state index in [1.165, 1.54) is 0 Å². The van der Waals surface area contributed by atoms with Crippen molar-refractivity contribution in [2.75, 3.05) is 13.4 Å². The minimum absolute atomic E-state index is 0.0374. The Hall–Kier alpha value is -0.810. The number of aliphatic hydroxyl groups is 1. The van der Waals surface area contributed by atoms with Crippen LogP contribution in [0, 0.1) is 5.82 Å². The Morgan fingerprint density at radius 1 is 1.60 bits per heavy atom. The van der Waals surface area contributed by atoms with Gasteiger partial charge in [0.25, 0.3) is 0 Å². The van der Waals surface area contributed by atoms with E-state index in [1.807, 2.05) is 0 Å². The van der Waals surface area contributed by atoms with Crippen molar-refractivity contribution in [2.45, 2.75) is 12.8 Å². The Morgan fingerprint density at radius 2 is 2.33 bits per heavy atom. The zero-order valence-corrected chi connectivity index (χ0v) is 9.67. The topological polar surface area (TPSA) is 38.7 Å². The van der Waals surface area contributed by atoms with Crippen molar-refractivity contribution in [3.05, 3.63) is 21.9 Å². The molecule has 1 aromatic rings. The molecule has 0 radical (unpaired) electrons. The van der Waals surface area contributed by atoms with Gasteiger partial charge in [-0.3, -0.25) is 0 Å². The molecule has 82 valence electrons. The van der Waals surface area contributed by atoms with Crippen molar-refractivity contribution in [1.82, 2.24) is 0 Å². The van der Waals surface area contributed by atoms with Crippen molar-refractivity contribution in [3.63, 3.8) is 0 Å². The molecule has 2 rings (SSSR count). The third kappa shape index (κ3) is 1.70. The lowest BCUT2D eigenvalue weighted by molar-refractivity contribution is 0.170. The molecule has 1 aliphatic heterocycles. The predicted molar refractivity (Wildman–Crippen MR) is 55.7 cm³/mol. The van der Waals surface area contributed by atoms with Crippen LogP contribution >= 0.6 is 15.9 Å². The van der Waals surface area contributed by atoms with Crippen LogP contribution in [-0.2, 0) is 0 Å². The first kappa shape index (κ1) is 10.7. The highest BCUT2D eigenvalue weighted by molar-refractivity contribution is 9.10. The Kier molecular flexibility index (Phi) is 2.84. The van der Waals surface area contributed by atoms with Crippen LogP contribution in [0.2, 0.25) is 0 Å². The van der Waals surface area contributed by atoms with E-state index in [-0.39, 0.29) is 25.1 Å². The number of ether oxygens (including phenoxy) is 2. The molecule has 3 nitrogen and oxygen atoms in total. The predicted octanol–water partition coefficient (Wildman–Crippen LogP) is 2.41. The summed E-state index contributed by atoms with van der Waals surface area (Å²) >= 11 is 3.26. The van der Waals surface area contributed by atoms with Crippen LogP contribution in [0.5, 0.6) is 11.5 Å². The van der Waals surface area contributed by atoms with Crippen LogP contribution < -0.4 is 9.47 Å². The first-order valence-electron chi connectivity index (χ1n) is 4.53. The lowest BCUT2D eigenvalue weighted by atomic mass is 10.0. The summed E-state index contributed by atoms with van der Waals surface area (Å²) in [5.74, 6) is -0.214. The molecule has 0 bridgehead atoms. The lowest BCUT2D eigenvalue weighted by Crippen LogP contribution is -2.04. The highest BCUT2D eigenvalue weighted by Crippen LogP contribution is 2.42. The molecular formula is C10H10BrFO3. The highest BCUT2D eigenvalue weighted by atomic mass is 79.9. The van der Waals surface area contributed by atoms with Gasteiger partial charge in [0.2, 0.25) is 12.5 Å². The molecule has 15 heavy (non-hydrogen) atoms. The maximum atomic E-state index is 13.9. The van der Waals surface area contributed by atoms with Gasteiger partial charge >= 0.3 is 0 Å². The van der Waals surface area contributed by atoms with Crippen molar-refractivity contribution in [1.29, 1.82) is 0 Å². The molecular weight excluding hydrogens is 267 g/mol. The third-order valence-corrected chi connectivity index (χ3v) is 3.02. The number of benzene rings is 1. The van der Waals surface area contributed by atoms with Gasteiger partial charge < -0.3 is 14.6 Å². The molecule has 5 heteroatoms. The summed E-state index contributed by atoms with van der Waals surface area (Å²) in [7, 11) is 0. The minimum Gasteiger partial charge on any atom is -0.453 e. The normalized spacial score (nSPS) is 15.5. The second kappa shape index (κ2) is 3.98. The molecule has 1 aromatic carbocycles. The quantitative estimate of drug-likeness (QED) is 0.902. The summed E-state index contributed by atoms with van der Waals surface area (Å²) in [5, 5.41) is 9.03. The largest absolute Gasteiger partial charge is 0.453 e. The Balaban J connectivity index is 2.56. The van der Waals surface area contributed by atoms with Gasteiger partial charge in [-0.15, -0.1) is 0 Å². The molecule has 1 unspecified atom stereocenters. The van der Waals surface area contributed by atoms with Gasteiger partial charge in [-0.05, 0) is 6.07 Å². The summed E-state index contributed by atoms with van der Waals surface area (Å²) in [6.45, 7) is 1.66.